The van der Waals surface area contributed by atoms with E-state index in [1.807, 2.05) is 18.2 Å². The summed E-state index contributed by atoms with van der Waals surface area (Å²) in [7, 11) is 0. The van der Waals surface area contributed by atoms with Crippen LogP contribution in [0.5, 0.6) is 0 Å². The quantitative estimate of drug-likeness (QED) is 0.750. The first-order valence-electron chi connectivity index (χ1n) is 7.44. The van der Waals surface area contributed by atoms with Crippen LogP contribution in [-0.2, 0) is 6.54 Å². The van der Waals surface area contributed by atoms with Gasteiger partial charge in [-0.1, -0.05) is 41.9 Å². The van der Waals surface area contributed by atoms with Crippen LogP contribution < -0.4 is 11.1 Å². The molecule has 2 aromatic carbocycles. The average Bonchev–Trinajstić information content (AvgIpc) is 2.60. The average molecular weight is 357 g/mol. The van der Waals surface area contributed by atoms with Crippen LogP contribution in [0, 0.1) is 5.82 Å². The molecule has 0 aliphatic heterocycles. The standard InChI is InChI=1S/C18H14ClFN4O/c19-15-7-2-1-4-12(15)9-23-18(25)14-10-22-17(24-16(14)21)11-5-3-6-13(20)8-11/h1-8,10H,9H2,(H,23,25)(H2,21,22,24). The zero-order valence-electron chi connectivity index (χ0n) is 13.0. The van der Waals surface area contributed by atoms with Crippen LogP contribution in [0.4, 0.5) is 10.2 Å². The second-order valence-corrected chi connectivity index (χ2v) is 5.68. The smallest absolute Gasteiger partial charge is 0.256 e. The van der Waals surface area contributed by atoms with E-state index in [0.29, 0.717) is 10.6 Å². The molecule has 25 heavy (non-hydrogen) atoms. The highest BCUT2D eigenvalue weighted by molar-refractivity contribution is 6.31. The van der Waals surface area contributed by atoms with Crippen LogP contribution in [0.2, 0.25) is 5.02 Å². The fraction of sp³-hybridized carbons (Fsp3) is 0.0556. The number of nitrogens with two attached hydrogens (primary N) is 1. The number of benzene rings is 2. The van der Waals surface area contributed by atoms with Crippen LogP contribution in [0.1, 0.15) is 15.9 Å². The Morgan fingerprint density at radius 1 is 1.20 bits per heavy atom. The van der Waals surface area contributed by atoms with E-state index in [2.05, 4.69) is 15.3 Å². The van der Waals surface area contributed by atoms with E-state index in [9.17, 15) is 9.18 Å². The second-order valence-electron chi connectivity index (χ2n) is 5.28. The van der Waals surface area contributed by atoms with E-state index < -0.39 is 11.7 Å². The fourth-order valence-electron chi connectivity index (χ4n) is 2.25. The van der Waals surface area contributed by atoms with Gasteiger partial charge in [-0.3, -0.25) is 4.79 Å². The van der Waals surface area contributed by atoms with Crippen molar-refractivity contribution in [3.8, 4) is 11.4 Å². The van der Waals surface area contributed by atoms with Crippen molar-refractivity contribution < 1.29 is 9.18 Å². The topological polar surface area (TPSA) is 80.9 Å². The molecule has 0 radical (unpaired) electrons. The molecule has 0 saturated heterocycles. The van der Waals surface area contributed by atoms with Crippen molar-refractivity contribution in [2.45, 2.75) is 6.54 Å². The Morgan fingerprint density at radius 2 is 2.00 bits per heavy atom. The third-order valence-corrected chi connectivity index (χ3v) is 3.91. The number of anilines is 1. The highest BCUT2D eigenvalue weighted by atomic mass is 35.5. The monoisotopic (exact) mass is 356 g/mol. The summed E-state index contributed by atoms with van der Waals surface area (Å²) in [5.74, 6) is -0.546. The lowest BCUT2D eigenvalue weighted by Crippen LogP contribution is -2.24. The fourth-order valence-corrected chi connectivity index (χ4v) is 2.45. The van der Waals surface area contributed by atoms with Crippen LogP contribution in [-0.4, -0.2) is 15.9 Å². The largest absolute Gasteiger partial charge is 0.383 e. The Labute approximate surface area is 148 Å². The summed E-state index contributed by atoms with van der Waals surface area (Å²) in [6, 6.07) is 13.0. The van der Waals surface area contributed by atoms with E-state index >= 15 is 0 Å². The minimum absolute atomic E-state index is 0.0194. The number of aromatic nitrogens is 2. The molecule has 126 valence electrons. The van der Waals surface area contributed by atoms with Gasteiger partial charge in [-0.2, -0.15) is 0 Å². The molecule has 1 amide bonds. The maximum absolute atomic E-state index is 13.3. The molecule has 0 atom stereocenters. The number of amides is 1. The number of nitrogens with zero attached hydrogens (tertiary/aromatic N) is 2. The molecule has 0 aliphatic carbocycles. The van der Waals surface area contributed by atoms with E-state index in [1.165, 1.54) is 18.3 Å². The summed E-state index contributed by atoms with van der Waals surface area (Å²) < 4.78 is 13.3. The third kappa shape index (κ3) is 3.92. The van der Waals surface area contributed by atoms with Gasteiger partial charge in [-0.15, -0.1) is 0 Å². The maximum atomic E-state index is 13.3. The summed E-state index contributed by atoms with van der Waals surface area (Å²) in [6.45, 7) is 0.254. The number of halogens is 2. The van der Waals surface area contributed by atoms with Gasteiger partial charge in [0.05, 0.1) is 5.56 Å². The van der Waals surface area contributed by atoms with Crippen molar-refractivity contribution in [1.29, 1.82) is 0 Å². The zero-order valence-corrected chi connectivity index (χ0v) is 13.8. The van der Waals surface area contributed by atoms with Crippen molar-refractivity contribution in [2.75, 3.05) is 5.73 Å². The Kier molecular flexibility index (Phi) is 4.90. The Bertz CT molecular complexity index is 932. The molecule has 1 aromatic heterocycles. The molecular weight excluding hydrogens is 343 g/mol. The zero-order chi connectivity index (χ0) is 17.8. The molecule has 0 fully saturated rings. The number of nitrogens with one attached hydrogen (secondary N) is 1. The highest BCUT2D eigenvalue weighted by Crippen LogP contribution is 2.19. The number of carbonyl (C=O) groups is 1. The van der Waals surface area contributed by atoms with Crippen molar-refractivity contribution in [3.05, 3.63) is 76.7 Å². The van der Waals surface area contributed by atoms with Gasteiger partial charge in [0.2, 0.25) is 0 Å². The first-order chi connectivity index (χ1) is 12.0. The molecule has 0 unspecified atom stereocenters. The first kappa shape index (κ1) is 16.9. The first-order valence-corrected chi connectivity index (χ1v) is 7.82. The second kappa shape index (κ2) is 7.27. The molecule has 3 aromatic rings. The molecule has 3 rings (SSSR count). The van der Waals surface area contributed by atoms with Crippen molar-refractivity contribution in [2.24, 2.45) is 0 Å². The number of hydrogen-bond donors (Lipinski definition) is 2. The molecule has 0 spiro atoms. The van der Waals surface area contributed by atoms with Gasteiger partial charge >= 0.3 is 0 Å². The van der Waals surface area contributed by atoms with E-state index in [1.54, 1.807) is 18.2 Å². The number of hydrogen-bond acceptors (Lipinski definition) is 4. The Hall–Kier alpha value is -2.99. The summed E-state index contributed by atoms with van der Waals surface area (Å²) in [5.41, 5.74) is 7.28. The molecule has 7 heteroatoms. The summed E-state index contributed by atoms with van der Waals surface area (Å²) >= 11 is 6.06. The maximum Gasteiger partial charge on any atom is 0.256 e. The number of carbonyl (C=O) groups excluding carboxylic acids is 1. The normalized spacial score (nSPS) is 10.5. The molecule has 5 nitrogen and oxygen atoms in total. The van der Waals surface area contributed by atoms with Gasteiger partial charge in [0.25, 0.3) is 5.91 Å². The van der Waals surface area contributed by atoms with Crippen LogP contribution in [0.3, 0.4) is 0 Å². The van der Waals surface area contributed by atoms with E-state index in [4.69, 9.17) is 17.3 Å². The number of rotatable bonds is 4. The van der Waals surface area contributed by atoms with E-state index in [-0.39, 0.29) is 23.8 Å². The molecule has 0 bridgehead atoms. The van der Waals surface area contributed by atoms with Gasteiger partial charge in [0, 0.05) is 23.3 Å². The molecular formula is C18H14ClFN4O. The van der Waals surface area contributed by atoms with Gasteiger partial charge in [0.15, 0.2) is 5.82 Å². The predicted octanol–water partition coefficient (Wildman–Crippen LogP) is 3.45. The SMILES string of the molecule is Nc1nc(-c2cccc(F)c2)ncc1C(=O)NCc1ccccc1Cl. The lowest BCUT2D eigenvalue weighted by atomic mass is 10.2. The van der Waals surface area contributed by atoms with Crippen molar-refractivity contribution in [1.82, 2.24) is 15.3 Å². The molecule has 0 aliphatic rings. The minimum atomic E-state index is -0.414. The number of nitrogen functional groups attached to an aromatic ring is 1. The molecule has 3 N–H and O–H groups in total. The van der Waals surface area contributed by atoms with Crippen LogP contribution in [0.25, 0.3) is 11.4 Å². The summed E-state index contributed by atoms with van der Waals surface area (Å²) in [6.07, 6.45) is 1.32. The summed E-state index contributed by atoms with van der Waals surface area (Å²) in [4.78, 5) is 20.5. The Balaban J connectivity index is 1.76. The minimum Gasteiger partial charge on any atom is -0.383 e. The lowest BCUT2D eigenvalue weighted by Gasteiger charge is -2.09. The van der Waals surface area contributed by atoms with Gasteiger partial charge in [-0.25, -0.2) is 14.4 Å². The summed E-state index contributed by atoms with van der Waals surface area (Å²) in [5, 5.41) is 3.29. The lowest BCUT2D eigenvalue weighted by molar-refractivity contribution is 0.0951. The van der Waals surface area contributed by atoms with Gasteiger partial charge < -0.3 is 11.1 Å². The molecule has 1 heterocycles. The van der Waals surface area contributed by atoms with Crippen LogP contribution in [0.15, 0.2) is 54.7 Å². The molecule has 0 saturated carbocycles. The van der Waals surface area contributed by atoms with Gasteiger partial charge in [0.1, 0.15) is 11.6 Å². The highest BCUT2D eigenvalue weighted by Gasteiger charge is 2.14. The van der Waals surface area contributed by atoms with Gasteiger partial charge in [-0.05, 0) is 23.8 Å². The van der Waals surface area contributed by atoms with Crippen LogP contribution >= 0.6 is 11.6 Å². The third-order valence-electron chi connectivity index (χ3n) is 3.54. The predicted molar refractivity (Wildman–Crippen MR) is 94.5 cm³/mol. The Morgan fingerprint density at radius 3 is 2.72 bits per heavy atom. The van der Waals surface area contributed by atoms with Crippen molar-refractivity contribution in [3.63, 3.8) is 0 Å². The van der Waals surface area contributed by atoms with E-state index in [0.717, 1.165) is 5.56 Å². The van der Waals surface area contributed by atoms with Crippen molar-refractivity contribution >= 4 is 23.3 Å².